The van der Waals surface area contributed by atoms with Gasteiger partial charge < -0.3 is 30.8 Å². The van der Waals surface area contributed by atoms with Crippen LogP contribution in [0.2, 0.25) is 5.02 Å². The van der Waals surface area contributed by atoms with Crippen molar-refractivity contribution in [2.24, 2.45) is 5.73 Å². The van der Waals surface area contributed by atoms with E-state index in [-0.39, 0.29) is 45.9 Å². The number of aromatic nitrogens is 2. The van der Waals surface area contributed by atoms with E-state index in [4.69, 9.17) is 32.5 Å². The van der Waals surface area contributed by atoms with E-state index in [2.05, 4.69) is 10.3 Å². The van der Waals surface area contributed by atoms with Gasteiger partial charge in [0.25, 0.3) is 5.91 Å². The van der Waals surface area contributed by atoms with E-state index in [9.17, 15) is 23.2 Å². The molecule has 40 heavy (non-hydrogen) atoms. The predicted molar refractivity (Wildman–Crippen MR) is 144 cm³/mol. The molecule has 0 aliphatic rings. The van der Waals surface area contributed by atoms with Crippen LogP contribution in [0.5, 0.6) is 11.5 Å². The van der Waals surface area contributed by atoms with Crippen molar-refractivity contribution in [3.8, 4) is 22.6 Å². The lowest BCUT2D eigenvalue weighted by Gasteiger charge is -2.14. The Balaban J connectivity index is 1.62. The van der Waals surface area contributed by atoms with Crippen molar-refractivity contribution in [2.75, 3.05) is 11.1 Å². The Morgan fingerprint density at radius 3 is 2.50 bits per heavy atom. The molecule has 0 spiro atoms. The molecule has 0 saturated carbocycles. The zero-order chi connectivity index (χ0) is 29.0. The highest BCUT2D eigenvalue weighted by atomic mass is 35.5. The van der Waals surface area contributed by atoms with Gasteiger partial charge in [0.15, 0.2) is 24.0 Å². The number of carbonyl (C=O) groups excluding carboxylic acids is 2. The highest BCUT2D eigenvalue weighted by Gasteiger charge is 2.19. The average molecular weight is 570 g/mol. The smallest absolute Gasteiger partial charge is 0.324 e. The molecule has 0 unspecified atom stereocenters. The molecule has 5 N–H and O–H groups in total. The van der Waals surface area contributed by atoms with Crippen LogP contribution in [-0.4, -0.2) is 27.5 Å². The van der Waals surface area contributed by atoms with E-state index in [1.807, 2.05) is 0 Å². The lowest BCUT2D eigenvalue weighted by Crippen LogP contribution is -2.30. The van der Waals surface area contributed by atoms with E-state index in [0.717, 1.165) is 18.2 Å². The maximum atomic E-state index is 14.8. The molecule has 4 rings (SSSR count). The first-order valence-electron chi connectivity index (χ1n) is 11.6. The molecule has 206 valence electrons. The minimum absolute atomic E-state index is 0.00296. The van der Waals surface area contributed by atoms with Crippen LogP contribution in [0, 0.1) is 11.6 Å². The number of rotatable bonds is 8. The first kappa shape index (κ1) is 28.2. The molecule has 0 aliphatic carbocycles. The Hall–Kier alpha value is -4.81. The fraction of sp³-hybridized carbons (Fsp3) is 0.111. The first-order valence-corrected chi connectivity index (χ1v) is 12.0. The summed E-state index contributed by atoms with van der Waals surface area (Å²) < 4.78 is 40.1. The summed E-state index contributed by atoms with van der Waals surface area (Å²) in [4.78, 5) is 42.0. The second-order valence-electron chi connectivity index (χ2n) is 8.53. The quantitative estimate of drug-likeness (QED) is 0.265. The average Bonchev–Trinajstić information content (AvgIpc) is 2.92. The van der Waals surface area contributed by atoms with Gasteiger partial charge in [-0.1, -0.05) is 23.7 Å². The fourth-order valence-corrected chi connectivity index (χ4v) is 3.62. The number of nitrogens with two attached hydrogens (primary N) is 2. The molecule has 2 heterocycles. The summed E-state index contributed by atoms with van der Waals surface area (Å²) in [5.41, 5.74) is 10.5. The predicted octanol–water partition coefficient (Wildman–Crippen LogP) is 4.32. The number of halogens is 3. The van der Waals surface area contributed by atoms with E-state index in [1.54, 1.807) is 0 Å². The van der Waals surface area contributed by atoms with Crippen molar-refractivity contribution in [2.45, 2.75) is 19.7 Å². The van der Waals surface area contributed by atoms with Crippen LogP contribution < -0.4 is 26.9 Å². The van der Waals surface area contributed by atoms with Crippen LogP contribution in [0.3, 0.4) is 0 Å². The Labute approximate surface area is 231 Å². The van der Waals surface area contributed by atoms with Crippen molar-refractivity contribution in [1.82, 2.24) is 9.55 Å². The van der Waals surface area contributed by atoms with Gasteiger partial charge in [-0.2, -0.15) is 0 Å². The summed E-state index contributed by atoms with van der Waals surface area (Å²) in [6, 6.07) is 9.12. The van der Waals surface area contributed by atoms with Crippen LogP contribution >= 0.6 is 11.6 Å². The number of nitrogens with one attached hydrogen (secondary N) is 1. The molecule has 13 heteroatoms. The third kappa shape index (κ3) is 6.42. The zero-order valence-corrected chi connectivity index (χ0v) is 21.6. The SMILES string of the molecule is C[C@@H](N)C(=O)OCn1cc(C(=O)Nc2ccc(Oc3ccnc(N)c3Cl)c(F)c2)c(=O)c(-c2ccc(F)cc2)c1. The Bertz CT molecular complexity index is 1640. The lowest BCUT2D eigenvalue weighted by atomic mass is 10.0. The zero-order valence-electron chi connectivity index (χ0n) is 20.9. The first-order chi connectivity index (χ1) is 19.0. The standard InChI is InChI=1S/C27H22ClF2N5O5/c1-14(31)27(38)39-13-35-11-18(15-2-4-16(29)5-3-15)24(36)19(12-35)26(37)34-17-6-7-21(20(30)10-17)40-22-8-9-33-25(32)23(22)28/h2-12,14H,13,31H2,1H3,(H2,32,33)(H,34,37)/t14-/m1/s1. The number of amides is 1. The van der Waals surface area contributed by atoms with E-state index >= 15 is 0 Å². The van der Waals surface area contributed by atoms with Crippen LogP contribution in [0.25, 0.3) is 11.1 Å². The van der Waals surface area contributed by atoms with Crippen molar-refractivity contribution < 1.29 is 27.8 Å². The molecule has 10 nitrogen and oxygen atoms in total. The lowest BCUT2D eigenvalue weighted by molar-refractivity contribution is -0.148. The van der Waals surface area contributed by atoms with Crippen molar-refractivity contribution >= 4 is 35.0 Å². The Kier molecular flexibility index (Phi) is 8.41. The number of hydrogen-bond acceptors (Lipinski definition) is 8. The summed E-state index contributed by atoms with van der Waals surface area (Å²) in [6.07, 6.45) is 3.86. The second-order valence-corrected chi connectivity index (χ2v) is 8.90. The van der Waals surface area contributed by atoms with Crippen LogP contribution in [-0.2, 0) is 16.3 Å². The molecule has 0 aliphatic heterocycles. The number of hydrogen-bond donors (Lipinski definition) is 3. The van der Waals surface area contributed by atoms with E-state index in [0.29, 0.717) is 5.56 Å². The van der Waals surface area contributed by atoms with E-state index < -0.39 is 35.0 Å². The van der Waals surface area contributed by atoms with Crippen LogP contribution in [0.15, 0.2) is 71.9 Å². The molecule has 2 aromatic carbocycles. The number of benzene rings is 2. The summed E-state index contributed by atoms with van der Waals surface area (Å²) in [7, 11) is 0. The van der Waals surface area contributed by atoms with Gasteiger partial charge >= 0.3 is 5.97 Å². The summed E-state index contributed by atoms with van der Waals surface area (Å²) in [6.45, 7) is 1.07. The third-order valence-corrected chi connectivity index (χ3v) is 5.88. The molecular weight excluding hydrogens is 548 g/mol. The third-order valence-electron chi connectivity index (χ3n) is 5.50. The highest BCUT2D eigenvalue weighted by Crippen LogP contribution is 2.34. The maximum Gasteiger partial charge on any atom is 0.324 e. The van der Waals surface area contributed by atoms with Crippen molar-refractivity contribution in [3.05, 3.63) is 99.6 Å². The minimum atomic E-state index is -0.896. The molecule has 4 aromatic rings. The number of esters is 1. The van der Waals surface area contributed by atoms with Gasteiger partial charge in [0.2, 0.25) is 5.43 Å². The van der Waals surface area contributed by atoms with Crippen LogP contribution in [0.4, 0.5) is 20.3 Å². The molecule has 1 atom stereocenters. The Morgan fingerprint density at radius 1 is 1.10 bits per heavy atom. The molecule has 0 saturated heterocycles. The Morgan fingerprint density at radius 2 is 1.82 bits per heavy atom. The molecule has 1 amide bonds. The number of pyridine rings is 2. The van der Waals surface area contributed by atoms with Gasteiger partial charge in [-0.05, 0) is 36.8 Å². The highest BCUT2D eigenvalue weighted by molar-refractivity contribution is 6.34. The largest absolute Gasteiger partial charge is 0.453 e. The molecular formula is C27H22ClF2N5O5. The number of anilines is 2. The molecule has 0 bridgehead atoms. The molecule has 2 aromatic heterocycles. The fourth-order valence-electron chi connectivity index (χ4n) is 3.47. The second kappa shape index (κ2) is 11.9. The van der Waals surface area contributed by atoms with Gasteiger partial charge in [-0.3, -0.25) is 14.4 Å². The van der Waals surface area contributed by atoms with Gasteiger partial charge in [0.1, 0.15) is 28.3 Å². The normalized spacial score (nSPS) is 11.5. The monoisotopic (exact) mass is 569 g/mol. The summed E-state index contributed by atoms with van der Waals surface area (Å²) in [5.74, 6) is -3.07. The van der Waals surface area contributed by atoms with Gasteiger partial charge in [-0.15, -0.1) is 0 Å². The maximum absolute atomic E-state index is 14.8. The number of ether oxygens (including phenoxy) is 2. The van der Waals surface area contributed by atoms with E-state index in [1.165, 1.54) is 60.4 Å². The van der Waals surface area contributed by atoms with Gasteiger partial charge in [-0.25, -0.2) is 13.8 Å². The van der Waals surface area contributed by atoms with Crippen molar-refractivity contribution in [3.63, 3.8) is 0 Å². The topological polar surface area (TPSA) is 152 Å². The number of carbonyl (C=O) groups is 2. The van der Waals surface area contributed by atoms with Crippen molar-refractivity contribution in [1.29, 1.82) is 0 Å². The summed E-state index contributed by atoms with van der Waals surface area (Å²) in [5, 5.41) is 2.46. The van der Waals surface area contributed by atoms with Gasteiger partial charge in [0, 0.05) is 42.0 Å². The number of nitrogen functional groups attached to an aromatic ring is 1. The summed E-state index contributed by atoms with van der Waals surface area (Å²) >= 11 is 6.03. The number of nitrogens with zero attached hydrogens (tertiary/aromatic N) is 2. The van der Waals surface area contributed by atoms with Gasteiger partial charge in [0.05, 0.1) is 0 Å². The van der Waals surface area contributed by atoms with Crippen LogP contribution in [0.1, 0.15) is 17.3 Å². The minimum Gasteiger partial charge on any atom is -0.453 e. The molecule has 0 radical (unpaired) electrons. The molecule has 0 fully saturated rings.